The molecule has 2 heteroatoms. The van der Waals surface area contributed by atoms with Gasteiger partial charge in [-0.15, -0.1) is 0 Å². The van der Waals surface area contributed by atoms with Crippen molar-refractivity contribution in [1.82, 2.24) is 0 Å². The maximum atomic E-state index is 6.38. The molecule has 0 aliphatic carbocycles. The first kappa shape index (κ1) is 10.9. The minimum Gasteiger partial charge on any atom is -0.480 e. The smallest absolute Gasteiger partial charge is 0.160 e. The third-order valence-corrected chi connectivity index (χ3v) is 4.79. The van der Waals surface area contributed by atoms with Crippen LogP contribution < -0.4 is 10.1 Å². The van der Waals surface area contributed by atoms with Gasteiger partial charge in [-0.25, -0.2) is 0 Å². The van der Waals surface area contributed by atoms with Gasteiger partial charge in [-0.05, 0) is 25.5 Å². The van der Waals surface area contributed by atoms with Crippen molar-refractivity contribution < 1.29 is 4.74 Å². The van der Waals surface area contributed by atoms with Gasteiger partial charge in [0.1, 0.15) is 11.3 Å². The Morgan fingerprint density at radius 2 is 1.68 bits per heavy atom. The fraction of sp³-hybridized carbons (Fsp3) is 0.294. The number of ether oxygens (including phenoxy) is 1. The topological polar surface area (TPSA) is 21.3 Å². The summed E-state index contributed by atoms with van der Waals surface area (Å²) in [4.78, 5) is 0. The third-order valence-electron chi connectivity index (χ3n) is 4.79. The number of rotatable bonds is 1. The molecule has 0 radical (unpaired) electrons. The fourth-order valence-electron chi connectivity index (χ4n) is 3.80. The molecule has 0 saturated heterocycles. The molecule has 0 saturated carbocycles. The van der Waals surface area contributed by atoms with Gasteiger partial charge in [0.05, 0.1) is 0 Å². The predicted molar refractivity (Wildman–Crippen MR) is 76.5 cm³/mol. The largest absolute Gasteiger partial charge is 0.480 e. The van der Waals surface area contributed by atoms with Crippen molar-refractivity contribution in [2.75, 3.05) is 5.32 Å². The average Bonchev–Trinajstić information content (AvgIpc) is 2.83. The second kappa shape index (κ2) is 3.32. The van der Waals surface area contributed by atoms with E-state index in [1.54, 1.807) is 0 Å². The summed E-state index contributed by atoms with van der Waals surface area (Å²) in [6.45, 7) is 4.43. The van der Waals surface area contributed by atoms with Gasteiger partial charge in [0.2, 0.25) is 0 Å². The van der Waals surface area contributed by atoms with Crippen LogP contribution in [0.15, 0.2) is 48.5 Å². The molecular weight excluding hydrogens is 234 g/mol. The number of anilines is 1. The molecule has 2 aliphatic rings. The standard InChI is InChI=1S/C17H17NO/c1-3-17-13-9-5-7-11-15(13)19-16(17,2)12-8-4-6-10-14(12)18-17/h4-11,18H,3H2,1-2H3/t16-,17-/m0/s1. The van der Waals surface area contributed by atoms with Crippen molar-refractivity contribution in [2.45, 2.75) is 31.4 Å². The van der Waals surface area contributed by atoms with Crippen molar-refractivity contribution in [3.05, 3.63) is 59.7 Å². The minimum atomic E-state index is -0.317. The molecule has 2 nitrogen and oxygen atoms in total. The number of fused-ring (bicyclic) bond motifs is 5. The Labute approximate surface area is 113 Å². The van der Waals surface area contributed by atoms with Crippen LogP contribution in [-0.4, -0.2) is 0 Å². The molecule has 2 heterocycles. The lowest BCUT2D eigenvalue weighted by Gasteiger charge is -2.36. The Balaban J connectivity index is 2.01. The lowest BCUT2D eigenvalue weighted by Crippen LogP contribution is -2.46. The van der Waals surface area contributed by atoms with E-state index in [2.05, 4.69) is 61.6 Å². The van der Waals surface area contributed by atoms with Gasteiger partial charge in [-0.2, -0.15) is 0 Å². The molecule has 0 unspecified atom stereocenters. The van der Waals surface area contributed by atoms with Crippen LogP contribution in [-0.2, 0) is 11.1 Å². The molecule has 0 bridgehead atoms. The van der Waals surface area contributed by atoms with Crippen LogP contribution in [0, 0.1) is 0 Å². The van der Waals surface area contributed by atoms with Crippen LogP contribution in [0.2, 0.25) is 0 Å². The molecule has 0 fully saturated rings. The first-order valence-electron chi connectivity index (χ1n) is 6.87. The second-order valence-corrected chi connectivity index (χ2v) is 5.56. The summed E-state index contributed by atoms with van der Waals surface area (Å²) in [5.74, 6) is 1.01. The van der Waals surface area contributed by atoms with Gasteiger partial charge < -0.3 is 10.1 Å². The molecule has 0 spiro atoms. The number of nitrogens with one attached hydrogen (secondary N) is 1. The van der Waals surface area contributed by atoms with Gasteiger partial charge in [0.15, 0.2) is 5.60 Å². The Bertz CT molecular complexity index is 666. The van der Waals surface area contributed by atoms with E-state index >= 15 is 0 Å². The maximum Gasteiger partial charge on any atom is 0.160 e. The third kappa shape index (κ3) is 1.08. The van der Waals surface area contributed by atoms with Crippen LogP contribution in [0.5, 0.6) is 5.75 Å². The highest BCUT2D eigenvalue weighted by molar-refractivity contribution is 5.69. The van der Waals surface area contributed by atoms with Gasteiger partial charge >= 0.3 is 0 Å². The summed E-state index contributed by atoms with van der Waals surface area (Å²) in [5.41, 5.74) is 3.26. The molecule has 0 amide bonds. The van der Waals surface area contributed by atoms with Gasteiger partial charge in [0, 0.05) is 16.8 Å². The van der Waals surface area contributed by atoms with Crippen molar-refractivity contribution >= 4 is 5.69 Å². The first-order valence-corrected chi connectivity index (χ1v) is 6.87. The summed E-state index contributed by atoms with van der Waals surface area (Å²) >= 11 is 0. The van der Waals surface area contributed by atoms with Gasteiger partial charge in [-0.1, -0.05) is 43.3 Å². The molecule has 2 aromatic carbocycles. The van der Waals surface area contributed by atoms with E-state index in [-0.39, 0.29) is 11.1 Å². The number of hydrogen-bond acceptors (Lipinski definition) is 2. The SMILES string of the molecule is CC[C@@]12Nc3ccccc3[C@]1(C)Oc1ccccc12. The molecule has 4 rings (SSSR count). The Kier molecular flexibility index (Phi) is 1.91. The lowest BCUT2D eigenvalue weighted by atomic mass is 9.75. The van der Waals surface area contributed by atoms with E-state index in [1.165, 1.54) is 16.8 Å². The van der Waals surface area contributed by atoms with Crippen molar-refractivity contribution in [2.24, 2.45) is 0 Å². The zero-order valence-electron chi connectivity index (χ0n) is 11.2. The lowest BCUT2D eigenvalue weighted by molar-refractivity contribution is 0.0530. The highest BCUT2D eigenvalue weighted by Gasteiger charge is 2.61. The Morgan fingerprint density at radius 1 is 1.00 bits per heavy atom. The molecular formula is C17H17NO. The van der Waals surface area contributed by atoms with E-state index in [0.29, 0.717) is 0 Å². The highest BCUT2D eigenvalue weighted by Crippen LogP contribution is 2.61. The van der Waals surface area contributed by atoms with Crippen LogP contribution >= 0.6 is 0 Å². The number of hydrogen-bond donors (Lipinski definition) is 1. The molecule has 0 aromatic heterocycles. The zero-order valence-corrected chi connectivity index (χ0v) is 11.2. The molecule has 2 aliphatic heterocycles. The Morgan fingerprint density at radius 3 is 2.47 bits per heavy atom. The van der Waals surface area contributed by atoms with E-state index in [4.69, 9.17) is 4.74 Å². The second-order valence-electron chi connectivity index (χ2n) is 5.56. The van der Waals surface area contributed by atoms with Crippen molar-refractivity contribution in [1.29, 1.82) is 0 Å². The molecule has 2 atom stereocenters. The van der Waals surface area contributed by atoms with Gasteiger partial charge in [0.25, 0.3) is 0 Å². The summed E-state index contributed by atoms with van der Waals surface area (Å²) in [5, 5.41) is 3.73. The van der Waals surface area contributed by atoms with E-state index in [9.17, 15) is 0 Å². The van der Waals surface area contributed by atoms with Crippen LogP contribution in [0.25, 0.3) is 0 Å². The summed E-state index contributed by atoms with van der Waals surface area (Å²) in [6, 6.07) is 16.9. The molecule has 19 heavy (non-hydrogen) atoms. The highest BCUT2D eigenvalue weighted by atomic mass is 16.5. The van der Waals surface area contributed by atoms with E-state index in [0.717, 1.165) is 12.2 Å². The van der Waals surface area contributed by atoms with Gasteiger partial charge in [-0.3, -0.25) is 0 Å². The first-order chi connectivity index (χ1) is 9.21. The summed E-state index contributed by atoms with van der Waals surface area (Å²) in [6.07, 6.45) is 0.995. The van der Waals surface area contributed by atoms with E-state index < -0.39 is 0 Å². The number of para-hydroxylation sites is 2. The van der Waals surface area contributed by atoms with Crippen molar-refractivity contribution in [3.63, 3.8) is 0 Å². The summed E-state index contributed by atoms with van der Waals surface area (Å²) < 4.78 is 6.38. The predicted octanol–water partition coefficient (Wildman–Crippen LogP) is 4.03. The Hall–Kier alpha value is -1.96. The quantitative estimate of drug-likeness (QED) is 0.826. The molecule has 96 valence electrons. The average molecular weight is 251 g/mol. The monoisotopic (exact) mass is 251 g/mol. The molecule has 2 aromatic rings. The van der Waals surface area contributed by atoms with Crippen molar-refractivity contribution in [3.8, 4) is 5.75 Å². The van der Waals surface area contributed by atoms with E-state index in [1.807, 2.05) is 6.07 Å². The van der Waals surface area contributed by atoms with Crippen LogP contribution in [0.1, 0.15) is 31.4 Å². The fourth-order valence-corrected chi connectivity index (χ4v) is 3.80. The maximum absolute atomic E-state index is 6.38. The van der Waals surface area contributed by atoms with Crippen LogP contribution in [0.3, 0.4) is 0 Å². The van der Waals surface area contributed by atoms with Crippen LogP contribution in [0.4, 0.5) is 5.69 Å². The normalized spacial score (nSPS) is 30.0. The zero-order chi connectivity index (χ0) is 13.1. The summed E-state index contributed by atoms with van der Waals surface area (Å²) in [7, 11) is 0. The number of benzene rings is 2. The minimum absolute atomic E-state index is 0.146. The molecule has 1 N–H and O–H groups in total.